The van der Waals surface area contributed by atoms with E-state index >= 15 is 0 Å². The van der Waals surface area contributed by atoms with E-state index in [1.165, 1.54) is 22.4 Å². The zero-order valence-electron chi connectivity index (χ0n) is 20.0. The van der Waals surface area contributed by atoms with E-state index in [-0.39, 0.29) is 29.7 Å². The van der Waals surface area contributed by atoms with Gasteiger partial charge in [0, 0.05) is 11.7 Å². The van der Waals surface area contributed by atoms with Crippen LogP contribution in [0, 0.1) is 11.6 Å². The van der Waals surface area contributed by atoms with Gasteiger partial charge in [0.1, 0.15) is 23.4 Å². The molecule has 1 unspecified atom stereocenters. The largest absolute Gasteiger partial charge is 0.486 e. The van der Waals surface area contributed by atoms with Crippen molar-refractivity contribution < 1.29 is 26.7 Å². The van der Waals surface area contributed by atoms with Gasteiger partial charge in [-0.05, 0) is 66.6 Å². The highest BCUT2D eigenvalue weighted by Gasteiger charge is 2.35. The molecule has 0 saturated carbocycles. The summed E-state index contributed by atoms with van der Waals surface area (Å²) >= 11 is 0. The van der Waals surface area contributed by atoms with Crippen LogP contribution in [0.1, 0.15) is 30.5 Å². The summed E-state index contributed by atoms with van der Waals surface area (Å²) in [4.78, 5) is 1.48. The van der Waals surface area contributed by atoms with E-state index in [1.54, 1.807) is 6.07 Å². The Morgan fingerprint density at radius 2 is 1.70 bits per heavy atom. The summed E-state index contributed by atoms with van der Waals surface area (Å²) in [5.41, 5.74) is 0.00981. The number of rotatable bonds is 6. The molecule has 0 fully saturated rings. The van der Waals surface area contributed by atoms with Gasteiger partial charge < -0.3 is 15.0 Å². The van der Waals surface area contributed by atoms with Crippen LogP contribution in [0.3, 0.4) is 0 Å². The Bertz CT molecular complexity index is 1420. The van der Waals surface area contributed by atoms with Crippen LogP contribution in [0.2, 0.25) is 0 Å². The molecular weight excluding hydrogens is 487 g/mol. The second-order valence-electron chi connectivity index (χ2n) is 9.13. The summed E-state index contributed by atoms with van der Waals surface area (Å²) in [7, 11) is 0. The van der Waals surface area contributed by atoms with Gasteiger partial charge in [0.25, 0.3) is 0 Å². The molecule has 0 aromatic heterocycles. The molecule has 1 heterocycles. The van der Waals surface area contributed by atoms with Crippen LogP contribution in [-0.2, 0) is 6.18 Å². The zero-order valence-corrected chi connectivity index (χ0v) is 20.0. The molecule has 1 aliphatic rings. The third kappa shape index (κ3) is 5.11. The smallest absolute Gasteiger partial charge is 0.419 e. The van der Waals surface area contributed by atoms with Crippen LogP contribution in [0.25, 0.3) is 10.8 Å². The molecule has 0 bridgehead atoms. The van der Waals surface area contributed by atoms with Crippen molar-refractivity contribution in [2.45, 2.75) is 31.7 Å². The number of halogens is 5. The van der Waals surface area contributed by atoms with Crippen LogP contribution in [0.4, 0.5) is 33.3 Å². The lowest BCUT2D eigenvalue weighted by atomic mass is 9.99. The average molecular weight is 513 g/mol. The molecule has 3 nitrogen and oxygen atoms in total. The van der Waals surface area contributed by atoms with Crippen molar-refractivity contribution >= 4 is 22.1 Å². The van der Waals surface area contributed by atoms with E-state index < -0.39 is 29.5 Å². The number of ether oxygens (including phenoxy) is 1. The summed E-state index contributed by atoms with van der Waals surface area (Å²) in [6.45, 7) is 2.81. The molecule has 8 heteroatoms. The monoisotopic (exact) mass is 512 g/mol. The number of para-hydroxylation sites is 1. The lowest BCUT2D eigenvalue weighted by Gasteiger charge is -2.37. The molecule has 4 aromatic rings. The first kappa shape index (κ1) is 25.0. The van der Waals surface area contributed by atoms with Crippen molar-refractivity contribution in [2.24, 2.45) is 0 Å². The van der Waals surface area contributed by atoms with Crippen LogP contribution >= 0.6 is 0 Å². The molecule has 1 N–H and O–H groups in total. The Balaban J connectivity index is 1.34. The standard InChI is InChI=1S/C29H25F5N2O/c1-18(22-9-4-7-19-6-2-3-8-23(19)22)35-15-14-21-17-36(28-25(30)10-5-11-27(28)37-21)20-12-13-24(26(31)16-20)29(32,33)34/h2-13,16,18,21,35H,14-15,17H2,1H3/t18-,21?/m1/s1. The molecule has 0 saturated heterocycles. The topological polar surface area (TPSA) is 24.5 Å². The number of nitrogens with zero attached hydrogens (tertiary/aromatic N) is 1. The van der Waals surface area contributed by atoms with E-state index in [0.29, 0.717) is 19.0 Å². The van der Waals surface area contributed by atoms with Crippen LogP contribution in [0.5, 0.6) is 5.75 Å². The Hall–Kier alpha value is -3.65. The average Bonchev–Trinajstić information content (AvgIpc) is 2.87. The van der Waals surface area contributed by atoms with Gasteiger partial charge in [0.15, 0.2) is 5.82 Å². The summed E-state index contributed by atoms with van der Waals surface area (Å²) in [6.07, 6.45) is -4.66. The Labute approximate surface area is 211 Å². The maximum atomic E-state index is 14.8. The van der Waals surface area contributed by atoms with Gasteiger partial charge in [-0.3, -0.25) is 0 Å². The fraction of sp³-hybridized carbons (Fsp3) is 0.241. The van der Waals surface area contributed by atoms with Gasteiger partial charge in [0.05, 0.1) is 12.1 Å². The molecule has 0 amide bonds. The molecule has 192 valence electrons. The highest BCUT2D eigenvalue weighted by Crippen LogP contribution is 2.42. The number of fused-ring (bicyclic) bond motifs is 2. The van der Waals surface area contributed by atoms with E-state index in [4.69, 9.17) is 4.74 Å². The summed E-state index contributed by atoms with van der Waals surface area (Å²) in [6, 6.07) is 21.4. The zero-order chi connectivity index (χ0) is 26.2. The fourth-order valence-corrected chi connectivity index (χ4v) is 4.85. The van der Waals surface area contributed by atoms with Crippen molar-refractivity contribution in [1.82, 2.24) is 5.32 Å². The van der Waals surface area contributed by atoms with Crippen molar-refractivity contribution in [1.29, 1.82) is 0 Å². The molecule has 0 aliphatic carbocycles. The Morgan fingerprint density at radius 1 is 0.946 bits per heavy atom. The quantitative estimate of drug-likeness (QED) is 0.267. The van der Waals surface area contributed by atoms with E-state index in [2.05, 4.69) is 36.5 Å². The van der Waals surface area contributed by atoms with Crippen molar-refractivity contribution in [2.75, 3.05) is 18.0 Å². The van der Waals surface area contributed by atoms with Gasteiger partial charge in [-0.2, -0.15) is 13.2 Å². The lowest BCUT2D eigenvalue weighted by Crippen LogP contribution is -2.39. The predicted octanol–water partition coefficient (Wildman–Crippen LogP) is 7.78. The molecule has 37 heavy (non-hydrogen) atoms. The van der Waals surface area contributed by atoms with Crippen molar-refractivity contribution in [3.8, 4) is 5.75 Å². The van der Waals surface area contributed by atoms with E-state index in [1.807, 2.05) is 18.2 Å². The highest BCUT2D eigenvalue weighted by molar-refractivity contribution is 5.86. The maximum absolute atomic E-state index is 14.8. The minimum Gasteiger partial charge on any atom is -0.486 e. The van der Waals surface area contributed by atoms with Gasteiger partial charge in [-0.1, -0.05) is 48.5 Å². The highest BCUT2D eigenvalue weighted by atomic mass is 19.4. The van der Waals surface area contributed by atoms with Gasteiger partial charge in [-0.15, -0.1) is 0 Å². The number of benzene rings is 4. The van der Waals surface area contributed by atoms with E-state index in [9.17, 15) is 22.0 Å². The summed E-state index contributed by atoms with van der Waals surface area (Å²) in [5, 5.41) is 5.82. The predicted molar refractivity (Wildman–Crippen MR) is 134 cm³/mol. The van der Waals surface area contributed by atoms with Crippen molar-refractivity contribution in [3.63, 3.8) is 0 Å². The molecule has 2 atom stereocenters. The SMILES string of the molecule is C[C@@H](NCCC1CN(c2ccc(C(F)(F)F)c(F)c2)c2c(F)cccc2O1)c1cccc2ccccc12. The Kier molecular flexibility index (Phi) is 6.77. The molecule has 1 aliphatic heterocycles. The molecule has 4 aromatic carbocycles. The Morgan fingerprint density at radius 3 is 2.49 bits per heavy atom. The first-order valence-corrected chi connectivity index (χ1v) is 12.0. The van der Waals surface area contributed by atoms with Gasteiger partial charge in [-0.25, -0.2) is 8.78 Å². The molecule has 5 rings (SSSR count). The van der Waals surface area contributed by atoms with Crippen LogP contribution in [0.15, 0.2) is 78.9 Å². The second-order valence-corrected chi connectivity index (χ2v) is 9.13. The summed E-state index contributed by atoms with van der Waals surface area (Å²) < 4.78 is 74.3. The first-order valence-electron chi connectivity index (χ1n) is 12.0. The van der Waals surface area contributed by atoms with E-state index in [0.717, 1.165) is 23.1 Å². The maximum Gasteiger partial charge on any atom is 0.419 e. The van der Waals surface area contributed by atoms with Gasteiger partial charge >= 0.3 is 6.18 Å². The third-order valence-corrected chi connectivity index (χ3v) is 6.68. The third-order valence-electron chi connectivity index (χ3n) is 6.68. The van der Waals surface area contributed by atoms with Gasteiger partial charge in [0.2, 0.25) is 0 Å². The molecular formula is C29H25F5N2O. The lowest BCUT2D eigenvalue weighted by molar-refractivity contribution is -0.139. The van der Waals surface area contributed by atoms with Crippen molar-refractivity contribution in [3.05, 3.63) is 102 Å². The number of hydrogen-bond donors (Lipinski definition) is 1. The first-order chi connectivity index (χ1) is 17.7. The number of hydrogen-bond acceptors (Lipinski definition) is 3. The van der Waals surface area contributed by atoms with Crippen LogP contribution in [-0.4, -0.2) is 19.2 Å². The molecule has 0 radical (unpaired) electrons. The minimum absolute atomic E-state index is 0.0551. The minimum atomic E-state index is -4.81. The number of nitrogens with one attached hydrogen (secondary N) is 1. The second kappa shape index (κ2) is 10.0. The fourth-order valence-electron chi connectivity index (χ4n) is 4.85. The number of anilines is 2. The summed E-state index contributed by atoms with van der Waals surface area (Å²) in [5.74, 6) is -1.74. The normalized spacial score (nSPS) is 16.4. The molecule has 0 spiro atoms. The number of alkyl halides is 3. The van der Waals surface area contributed by atoms with Crippen LogP contribution < -0.4 is 15.0 Å².